The van der Waals surface area contributed by atoms with Crippen molar-refractivity contribution in [3.05, 3.63) is 71.2 Å². The molecule has 1 amide bonds. The predicted molar refractivity (Wildman–Crippen MR) is 108 cm³/mol. The molecule has 0 aliphatic rings. The zero-order valence-corrected chi connectivity index (χ0v) is 15.9. The first kappa shape index (κ1) is 17.3. The van der Waals surface area contributed by atoms with Gasteiger partial charge in [0.05, 0.1) is 12.8 Å². The number of nitrogens with zero attached hydrogens (tertiary/aromatic N) is 2. The Morgan fingerprint density at radius 2 is 2.04 bits per heavy atom. The van der Waals surface area contributed by atoms with Gasteiger partial charge in [0.1, 0.15) is 16.5 Å². The lowest BCUT2D eigenvalue weighted by Crippen LogP contribution is -2.23. The minimum atomic E-state index is -0.181. The van der Waals surface area contributed by atoms with Gasteiger partial charge in [-0.3, -0.25) is 4.79 Å². The van der Waals surface area contributed by atoms with Crippen molar-refractivity contribution in [2.75, 3.05) is 7.11 Å². The lowest BCUT2D eigenvalue weighted by Gasteiger charge is -2.05. The van der Waals surface area contributed by atoms with Gasteiger partial charge in [-0.1, -0.05) is 30.3 Å². The maximum atomic E-state index is 12.5. The lowest BCUT2D eigenvalue weighted by atomic mass is 10.2. The second-order valence-corrected chi connectivity index (χ2v) is 7.08. The van der Waals surface area contributed by atoms with Crippen LogP contribution >= 0.6 is 11.3 Å². The van der Waals surface area contributed by atoms with Gasteiger partial charge in [0.25, 0.3) is 5.91 Å². The summed E-state index contributed by atoms with van der Waals surface area (Å²) in [5.74, 6) is 0.590. The number of amides is 1. The summed E-state index contributed by atoms with van der Waals surface area (Å²) < 4.78 is 7.31. The summed E-state index contributed by atoms with van der Waals surface area (Å²) in [6.07, 6.45) is 0. The van der Waals surface area contributed by atoms with Gasteiger partial charge in [-0.15, -0.1) is 11.3 Å². The summed E-state index contributed by atoms with van der Waals surface area (Å²) in [5, 5.41) is 6.71. The number of ether oxygens (including phenoxy) is 1. The number of rotatable bonds is 5. The SMILES string of the molecule is COc1cccc(CNC(=O)c2csc(-c3cc4ccccc4n3C)n2)c1. The molecular weight excluding hydrogens is 358 g/mol. The number of fused-ring (bicyclic) bond motifs is 1. The molecule has 0 aliphatic heterocycles. The van der Waals surface area contributed by atoms with E-state index in [0.29, 0.717) is 12.2 Å². The largest absolute Gasteiger partial charge is 0.497 e. The van der Waals surface area contributed by atoms with E-state index in [1.165, 1.54) is 11.3 Å². The minimum Gasteiger partial charge on any atom is -0.497 e. The van der Waals surface area contributed by atoms with Crippen LogP contribution < -0.4 is 10.1 Å². The van der Waals surface area contributed by atoms with Gasteiger partial charge in [0.2, 0.25) is 0 Å². The molecule has 0 radical (unpaired) electrons. The first-order chi connectivity index (χ1) is 13.2. The Hall–Kier alpha value is -3.12. The molecule has 4 rings (SSSR count). The molecule has 0 fully saturated rings. The maximum absolute atomic E-state index is 12.5. The Balaban J connectivity index is 1.51. The Morgan fingerprint density at radius 3 is 2.85 bits per heavy atom. The molecule has 2 aromatic heterocycles. The van der Waals surface area contributed by atoms with Gasteiger partial charge in [0, 0.05) is 29.9 Å². The number of carbonyl (C=O) groups is 1. The highest BCUT2D eigenvalue weighted by atomic mass is 32.1. The van der Waals surface area contributed by atoms with Crippen molar-refractivity contribution < 1.29 is 9.53 Å². The minimum absolute atomic E-state index is 0.181. The number of methoxy groups -OCH3 is 1. The molecule has 2 aromatic carbocycles. The number of hydrogen-bond acceptors (Lipinski definition) is 4. The molecule has 27 heavy (non-hydrogen) atoms. The average molecular weight is 377 g/mol. The fourth-order valence-corrected chi connectivity index (χ4v) is 3.90. The van der Waals surface area contributed by atoms with Crippen LogP contribution in [0.15, 0.2) is 60.0 Å². The van der Waals surface area contributed by atoms with E-state index in [0.717, 1.165) is 32.9 Å². The Morgan fingerprint density at radius 1 is 1.19 bits per heavy atom. The van der Waals surface area contributed by atoms with Gasteiger partial charge in [-0.2, -0.15) is 0 Å². The smallest absolute Gasteiger partial charge is 0.271 e. The van der Waals surface area contributed by atoms with Crippen molar-refractivity contribution in [1.82, 2.24) is 14.9 Å². The molecule has 6 heteroatoms. The van der Waals surface area contributed by atoms with Crippen LogP contribution in [0.2, 0.25) is 0 Å². The summed E-state index contributed by atoms with van der Waals surface area (Å²) in [6, 6.07) is 17.9. The lowest BCUT2D eigenvalue weighted by molar-refractivity contribution is 0.0946. The highest BCUT2D eigenvalue weighted by Gasteiger charge is 2.15. The molecule has 0 saturated carbocycles. The van der Waals surface area contributed by atoms with Crippen molar-refractivity contribution in [2.45, 2.75) is 6.54 Å². The van der Waals surface area contributed by atoms with Crippen LogP contribution in [0.5, 0.6) is 5.75 Å². The zero-order chi connectivity index (χ0) is 18.8. The van der Waals surface area contributed by atoms with Crippen LogP contribution in [0.1, 0.15) is 16.1 Å². The van der Waals surface area contributed by atoms with Crippen LogP contribution in [-0.2, 0) is 13.6 Å². The normalized spacial score (nSPS) is 10.9. The van der Waals surface area contributed by atoms with Crippen LogP contribution in [0.4, 0.5) is 0 Å². The first-order valence-corrected chi connectivity index (χ1v) is 9.45. The topological polar surface area (TPSA) is 56.1 Å². The van der Waals surface area contributed by atoms with Gasteiger partial charge in [-0.25, -0.2) is 4.98 Å². The summed E-state index contributed by atoms with van der Waals surface area (Å²) in [7, 11) is 3.64. The van der Waals surface area contributed by atoms with E-state index in [1.807, 2.05) is 43.4 Å². The highest BCUT2D eigenvalue weighted by Crippen LogP contribution is 2.29. The van der Waals surface area contributed by atoms with E-state index >= 15 is 0 Å². The molecule has 2 heterocycles. The summed E-state index contributed by atoms with van der Waals surface area (Å²) in [4.78, 5) is 17.0. The van der Waals surface area contributed by atoms with Gasteiger partial charge in [-0.05, 0) is 29.8 Å². The van der Waals surface area contributed by atoms with Crippen molar-refractivity contribution in [3.63, 3.8) is 0 Å². The molecular formula is C21H19N3O2S. The third-order valence-corrected chi connectivity index (χ3v) is 5.36. The molecule has 0 unspecified atom stereocenters. The quantitative estimate of drug-likeness (QED) is 0.566. The van der Waals surface area contributed by atoms with E-state index in [9.17, 15) is 4.79 Å². The molecule has 136 valence electrons. The Bertz CT molecular complexity index is 1110. The average Bonchev–Trinajstić information content (AvgIpc) is 3.32. The van der Waals surface area contributed by atoms with Crippen LogP contribution in [0.3, 0.4) is 0 Å². The second kappa shape index (κ2) is 7.25. The van der Waals surface area contributed by atoms with E-state index in [1.54, 1.807) is 12.5 Å². The zero-order valence-electron chi connectivity index (χ0n) is 15.1. The molecule has 0 atom stereocenters. The summed E-state index contributed by atoms with van der Waals surface area (Å²) >= 11 is 1.48. The van der Waals surface area contributed by atoms with E-state index in [-0.39, 0.29) is 5.91 Å². The standard InChI is InChI=1S/C21H19N3O2S/c1-24-18-9-4-3-7-15(18)11-19(24)21-23-17(13-27-21)20(25)22-12-14-6-5-8-16(10-14)26-2/h3-11,13H,12H2,1-2H3,(H,22,25). The molecule has 0 saturated heterocycles. The van der Waals surface area contributed by atoms with Crippen molar-refractivity contribution in [2.24, 2.45) is 7.05 Å². The van der Waals surface area contributed by atoms with Crippen molar-refractivity contribution >= 4 is 28.1 Å². The van der Waals surface area contributed by atoms with E-state index in [4.69, 9.17) is 4.74 Å². The van der Waals surface area contributed by atoms with Crippen LogP contribution in [0.25, 0.3) is 21.6 Å². The number of aryl methyl sites for hydroxylation is 1. The molecule has 0 bridgehead atoms. The Kier molecular flexibility index (Phi) is 4.64. The molecule has 0 aliphatic carbocycles. The molecule has 1 N–H and O–H groups in total. The fraction of sp³-hybridized carbons (Fsp3) is 0.143. The van der Waals surface area contributed by atoms with E-state index < -0.39 is 0 Å². The Labute approximate surface area is 161 Å². The number of para-hydroxylation sites is 1. The number of thiazole rings is 1. The van der Waals surface area contributed by atoms with Crippen molar-refractivity contribution in [1.29, 1.82) is 0 Å². The number of benzene rings is 2. The number of nitrogens with one attached hydrogen (secondary N) is 1. The van der Waals surface area contributed by atoms with E-state index in [2.05, 4.69) is 33.1 Å². The molecule has 0 spiro atoms. The highest BCUT2D eigenvalue weighted by molar-refractivity contribution is 7.13. The van der Waals surface area contributed by atoms with Gasteiger partial charge >= 0.3 is 0 Å². The van der Waals surface area contributed by atoms with Crippen molar-refractivity contribution in [3.8, 4) is 16.5 Å². The third kappa shape index (κ3) is 3.44. The van der Waals surface area contributed by atoms with Crippen LogP contribution in [0, 0.1) is 0 Å². The maximum Gasteiger partial charge on any atom is 0.271 e. The molecule has 5 nitrogen and oxygen atoms in total. The monoisotopic (exact) mass is 377 g/mol. The van der Waals surface area contributed by atoms with Gasteiger partial charge in [0.15, 0.2) is 0 Å². The fourth-order valence-electron chi connectivity index (χ4n) is 3.05. The van der Waals surface area contributed by atoms with Gasteiger partial charge < -0.3 is 14.6 Å². The first-order valence-electron chi connectivity index (χ1n) is 8.57. The predicted octanol–water partition coefficient (Wildman–Crippen LogP) is 4.24. The number of hydrogen-bond donors (Lipinski definition) is 1. The number of aromatic nitrogens is 2. The van der Waals surface area contributed by atoms with Crippen LogP contribution in [-0.4, -0.2) is 22.6 Å². The molecule has 4 aromatic rings. The number of carbonyl (C=O) groups excluding carboxylic acids is 1. The second-order valence-electron chi connectivity index (χ2n) is 6.22. The summed E-state index contributed by atoms with van der Waals surface area (Å²) in [5.41, 5.74) is 3.56. The third-order valence-electron chi connectivity index (χ3n) is 4.49. The summed E-state index contributed by atoms with van der Waals surface area (Å²) in [6.45, 7) is 0.428.